The number of hydrogen-bond acceptors (Lipinski definition) is 3. The van der Waals surface area contributed by atoms with Crippen LogP contribution in [0.15, 0.2) is 60.8 Å². The predicted octanol–water partition coefficient (Wildman–Crippen LogP) is 4.48. The molecule has 2 heterocycles. The van der Waals surface area contributed by atoms with Crippen molar-refractivity contribution in [3.05, 3.63) is 99.0 Å². The molecular formula is C21H18ClNO3. The van der Waals surface area contributed by atoms with Crippen molar-refractivity contribution in [3.63, 3.8) is 0 Å². The van der Waals surface area contributed by atoms with Crippen LogP contribution in [-0.4, -0.2) is 0 Å². The zero-order valence-electron chi connectivity index (χ0n) is 14.3. The Labute approximate surface area is 157 Å². The lowest BCUT2D eigenvalue weighted by Crippen LogP contribution is -2.31. The van der Waals surface area contributed by atoms with Crippen LogP contribution >= 0.6 is 11.6 Å². The van der Waals surface area contributed by atoms with Gasteiger partial charge in [0.25, 0.3) is 0 Å². The highest BCUT2D eigenvalue weighted by molar-refractivity contribution is 6.30. The Balaban J connectivity index is 1.68. The molecule has 2 aromatic carbocycles. The molecule has 132 valence electrons. The lowest BCUT2D eigenvalue weighted by atomic mass is 10.00. The molecule has 4 nitrogen and oxygen atoms in total. The summed E-state index contributed by atoms with van der Waals surface area (Å²) in [6.07, 6.45) is 1.30. The maximum atomic E-state index is 12.4. The van der Waals surface area contributed by atoms with E-state index in [1.165, 1.54) is 0 Å². The zero-order valence-corrected chi connectivity index (χ0v) is 15.1. The third kappa shape index (κ3) is 3.14. The van der Waals surface area contributed by atoms with E-state index in [1.807, 2.05) is 54.6 Å². The first-order valence-corrected chi connectivity index (χ1v) is 8.80. The van der Waals surface area contributed by atoms with Gasteiger partial charge in [-0.2, -0.15) is 4.73 Å². The van der Waals surface area contributed by atoms with E-state index in [0.717, 1.165) is 27.0 Å². The fourth-order valence-corrected chi connectivity index (χ4v) is 3.34. The monoisotopic (exact) mass is 367 g/mol. The van der Waals surface area contributed by atoms with Crippen LogP contribution in [0.3, 0.4) is 0 Å². The smallest absolute Gasteiger partial charge is 0.232 e. The molecule has 0 saturated heterocycles. The summed E-state index contributed by atoms with van der Waals surface area (Å²) in [6.45, 7) is 2.58. The molecule has 0 bridgehead atoms. The van der Waals surface area contributed by atoms with Gasteiger partial charge in [-0.05, 0) is 23.3 Å². The first kappa shape index (κ1) is 16.9. The molecule has 1 unspecified atom stereocenters. The van der Waals surface area contributed by atoms with Gasteiger partial charge >= 0.3 is 0 Å². The van der Waals surface area contributed by atoms with Crippen LogP contribution in [0.5, 0.6) is 5.75 Å². The average Bonchev–Trinajstić information content (AvgIpc) is 3.07. The van der Waals surface area contributed by atoms with E-state index in [1.54, 1.807) is 13.1 Å². The molecule has 0 spiro atoms. The number of pyridine rings is 1. The maximum absolute atomic E-state index is 12.4. The van der Waals surface area contributed by atoms with Crippen molar-refractivity contribution in [3.8, 4) is 5.75 Å². The van der Waals surface area contributed by atoms with Crippen LogP contribution in [-0.2, 0) is 18.0 Å². The largest absolute Gasteiger partial charge is 0.618 e. The van der Waals surface area contributed by atoms with Gasteiger partial charge in [-0.1, -0.05) is 54.1 Å². The third-order valence-corrected chi connectivity index (χ3v) is 4.87. The minimum atomic E-state index is -0.290. The molecule has 1 aliphatic heterocycles. The van der Waals surface area contributed by atoms with Crippen molar-refractivity contribution in [1.82, 2.24) is 0 Å². The van der Waals surface area contributed by atoms with Gasteiger partial charge in [-0.15, -0.1) is 0 Å². The SMILES string of the molecule is Cc1c(OCc2ccccc2)c2c(c[n+]1[O-])C(c1ccc(Cl)cc1)OC2. The Hall–Kier alpha value is -2.56. The first-order valence-electron chi connectivity index (χ1n) is 8.43. The Morgan fingerprint density at radius 3 is 2.62 bits per heavy atom. The summed E-state index contributed by atoms with van der Waals surface area (Å²) in [5.74, 6) is 0.609. The number of nitrogens with zero attached hydrogens (tertiary/aromatic N) is 1. The molecule has 0 fully saturated rings. The predicted molar refractivity (Wildman–Crippen MR) is 99.0 cm³/mol. The number of benzene rings is 2. The lowest BCUT2D eigenvalue weighted by molar-refractivity contribution is -0.613. The van der Waals surface area contributed by atoms with Crippen molar-refractivity contribution in [2.45, 2.75) is 26.2 Å². The molecule has 1 aliphatic rings. The van der Waals surface area contributed by atoms with Crippen molar-refractivity contribution in [1.29, 1.82) is 0 Å². The van der Waals surface area contributed by atoms with E-state index in [-0.39, 0.29) is 6.10 Å². The van der Waals surface area contributed by atoms with Crippen LogP contribution in [0.4, 0.5) is 0 Å². The standard InChI is InChI=1S/C21H18ClNO3/c1-14-20(25-12-15-5-3-2-4-6-15)19-13-26-21(18(19)11-23(14)24)16-7-9-17(22)10-8-16/h2-11,21H,12-13H2,1H3. The molecule has 5 heteroatoms. The molecule has 1 aromatic heterocycles. The Bertz CT molecular complexity index is 926. The summed E-state index contributed by atoms with van der Waals surface area (Å²) in [7, 11) is 0. The summed E-state index contributed by atoms with van der Waals surface area (Å²) in [6, 6.07) is 17.4. The van der Waals surface area contributed by atoms with Crippen LogP contribution in [0.2, 0.25) is 5.02 Å². The minimum absolute atomic E-state index is 0.290. The third-order valence-electron chi connectivity index (χ3n) is 4.61. The fourth-order valence-electron chi connectivity index (χ4n) is 3.22. The lowest BCUT2D eigenvalue weighted by Gasteiger charge is -2.14. The molecule has 0 aliphatic carbocycles. The second kappa shape index (κ2) is 6.98. The van der Waals surface area contributed by atoms with Gasteiger partial charge in [0.05, 0.1) is 12.2 Å². The topological polar surface area (TPSA) is 45.4 Å². The van der Waals surface area contributed by atoms with Gasteiger partial charge in [-0.3, -0.25) is 0 Å². The average molecular weight is 368 g/mol. The molecule has 0 amide bonds. The molecule has 4 rings (SSSR count). The number of fused-ring (bicyclic) bond motifs is 1. The van der Waals surface area contributed by atoms with Gasteiger partial charge in [0.15, 0.2) is 11.9 Å². The van der Waals surface area contributed by atoms with E-state index in [2.05, 4.69) is 0 Å². The quantitative estimate of drug-likeness (QED) is 0.504. The molecule has 1 atom stereocenters. The van der Waals surface area contributed by atoms with Crippen LogP contribution in [0.1, 0.15) is 34.1 Å². The molecular weight excluding hydrogens is 350 g/mol. The summed E-state index contributed by atoms with van der Waals surface area (Å²) in [5.41, 5.74) is 4.34. The summed E-state index contributed by atoms with van der Waals surface area (Å²) >= 11 is 5.97. The molecule has 0 saturated carbocycles. The number of ether oxygens (including phenoxy) is 2. The summed E-state index contributed by atoms with van der Waals surface area (Å²) in [5, 5.41) is 13.1. The van der Waals surface area contributed by atoms with Gasteiger partial charge in [0.1, 0.15) is 12.7 Å². The maximum Gasteiger partial charge on any atom is 0.232 e. The van der Waals surface area contributed by atoms with Crippen LogP contribution in [0, 0.1) is 12.1 Å². The van der Waals surface area contributed by atoms with Crippen molar-refractivity contribution in [2.75, 3.05) is 0 Å². The van der Waals surface area contributed by atoms with E-state index >= 15 is 0 Å². The normalized spacial score (nSPS) is 15.7. The Morgan fingerprint density at radius 2 is 1.88 bits per heavy atom. The number of halogens is 1. The van der Waals surface area contributed by atoms with Crippen molar-refractivity contribution >= 4 is 11.6 Å². The minimum Gasteiger partial charge on any atom is -0.618 e. The molecule has 3 aromatic rings. The number of rotatable bonds is 4. The van der Waals surface area contributed by atoms with E-state index in [0.29, 0.717) is 29.7 Å². The number of hydrogen-bond donors (Lipinski definition) is 0. The van der Waals surface area contributed by atoms with E-state index < -0.39 is 0 Å². The van der Waals surface area contributed by atoms with Crippen molar-refractivity contribution < 1.29 is 14.2 Å². The zero-order chi connectivity index (χ0) is 18.1. The van der Waals surface area contributed by atoms with Crippen LogP contribution in [0.25, 0.3) is 0 Å². The fraction of sp³-hybridized carbons (Fsp3) is 0.190. The Morgan fingerprint density at radius 1 is 1.15 bits per heavy atom. The van der Waals surface area contributed by atoms with Crippen LogP contribution < -0.4 is 9.47 Å². The van der Waals surface area contributed by atoms with Crippen molar-refractivity contribution in [2.24, 2.45) is 0 Å². The summed E-state index contributed by atoms with van der Waals surface area (Å²) in [4.78, 5) is 0. The summed E-state index contributed by atoms with van der Waals surface area (Å²) < 4.78 is 12.9. The van der Waals surface area contributed by atoms with Gasteiger partial charge in [-0.25, -0.2) is 0 Å². The van der Waals surface area contributed by atoms with E-state index in [4.69, 9.17) is 21.1 Å². The second-order valence-electron chi connectivity index (χ2n) is 6.32. The van der Waals surface area contributed by atoms with Gasteiger partial charge < -0.3 is 14.7 Å². The molecule has 0 radical (unpaired) electrons. The first-order chi connectivity index (χ1) is 12.6. The molecule has 26 heavy (non-hydrogen) atoms. The van der Waals surface area contributed by atoms with E-state index in [9.17, 15) is 5.21 Å². The highest BCUT2D eigenvalue weighted by atomic mass is 35.5. The van der Waals surface area contributed by atoms with Gasteiger partial charge in [0.2, 0.25) is 5.69 Å². The highest BCUT2D eigenvalue weighted by Crippen LogP contribution is 2.40. The number of aromatic nitrogens is 1. The Kier molecular flexibility index (Phi) is 4.53. The molecule has 0 N–H and O–H groups in total. The highest BCUT2D eigenvalue weighted by Gasteiger charge is 2.33. The van der Waals surface area contributed by atoms with Gasteiger partial charge in [0, 0.05) is 17.5 Å². The second-order valence-corrected chi connectivity index (χ2v) is 6.76.